The predicted molar refractivity (Wildman–Crippen MR) is 98.2 cm³/mol. The fourth-order valence-electron chi connectivity index (χ4n) is 2.09. The summed E-state index contributed by atoms with van der Waals surface area (Å²) in [5.74, 6) is 0. The first-order valence-electron chi connectivity index (χ1n) is 8.77. The van der Waals surface area contributed by atoms with Crippen LogP contribution in [0, 0.1) is 30.1 Å². The maximum atomic E-state index is 9.53. The molecule has 8 heteroatoms. The Labute approximate surface area is 153 Å². The van der Waals surface area contributed by atoms with Gasteiger partial charge in [0.25, 0.3) is 0 Å². The number of ether oxygens (including phenoxy) is 4. The summed E-state index contributed by atoms with van der Waals surface area (Å²) in [6, 6.07) is 0. The van der Waals surface area contributed by atoms with E-state index in [1.807, 2.05) is 13.8 Å². The molecule has 0 spiro atoms. The molecule has 0 aliphatic rings. The third kappa shape index (κ3) is 12.7. The number of aliphatic hydroxyl groups excluding tert-OH is 2. The number of aliphatic hydroxyl groups is 2. The van der Waals surface area contributed by atoms with Gasteiger partial charge < -0.3 is 43.0 Å². The molecule has 0 aliphatic carbocycles. The van der Waals surface area contributed by atoms with E-state index in [1.165, 1.54) is 0 Å². The van der Waals surface area contributed by atoms with Gasteiger partial charge in [0.1, 0.15) is 0 Å². The fourth-order valence-corrected chi connectivity index (χ4v) is 2.09. The summed E-state index contributed by atoms with van der Waals surface area (Å²) in [4.78, 5) is 0. The summed E-state index contributed by atoms with van der Waals surface area (Å²) in [7, 11) is 0. The molecule has 6 nitrogen and oxygen atoms in total. The Morgan fingerprint density at radius 3 is 1.15 bits per heavy atom. The molecule has 0 amide bonds. The quantitative estimate of drug-likeness (QED) is 0.231. The van der Waals surface area contributed by atoms with Gasteiger partial charge in [0.15, 0.2) is 0 Å². The van der Waals surface area contributed by atoms with Crippen molar-refractivity contribution in [3.05, 3.63) is 13.8 Å². The second-order valence-corrected chi connectivity index (χ2v) is 8.19. The average Bonchev–Trinajstić information content (AvgIpc) is 2.57. The molecule has 0 saturated carbocycles. The standard InChI is InChI=1S/C19H38O6.2Rf/c1-7-22-13-18(5,9-20)15-24-11-17(3,4)12-25-16-19(6,10-21)14-23-8-2;;/h20-21H,1-2,7-16H2,3-6H3;;/q-2;;. The van der Waals surface area contributed by atoms with Crippen molar-refractivity contribution in [3.8, 4) is 0 Å². The molecule has 27 heavy (non-hydrogen) atoms. The van der Waals surface area contributed by atoms with Crippen LogP contribution in [0.2, 0.25) is 0 Å². The number of hydrogen-bond donors (Lipinski definition) is 2. The largest absolute Gasteiger partial charge is 0.413 e. The average molecular weight is 897 g/mol. The Balaban J connectivity index is -0.00000288. The smallest absolute Gasteiger partial charge is 0.0564 e. The zero-order chi connectivity index (χ0) is 19.4. The van der Waals surface area contributed by atoms with Gasteiger partial charge in [-0.3, -0.25) is 0 Å². The van der Waals surface area contributed by atoms with Crippen LogP contribution in [0.1, 0.15) is 27.7 Å². The maximum absolute atomic E-state index is 9.53. The van der Waals surface area contributed by atoms with E-state index in [9.17, 15) is 10.2 Å². The maximum Gasteiger partial charge on any atom is 0.0564 e. The van der Waals surface area contributed by atoms with Crippen molar-refractivity contribution in [2.24, 2.45) is 16.2 Å². The number of rotatable bonds is 16. The van der Waals surface area contributed by atoms with Crippen molar-refractivity contribution < 1.29 is 29.2 Å². The molecule has 2 N–H and O–H groups in total. The van der Waals surface area contributed by atoms with Gasteiger partial charge in [-0.25, -0.2) is 0 Å². The summed E-state index contributed by atoms with van der Waals surface area (Å²) < 4.78 is 22.2. The van der Waals surface area contributed by atoms with Gasteiger partial charge in [-0.2, -0.15) is 0 Å². The number of hydrogen-bond acceptors (Lipinski definition) is 6. The van der Waals surface area contributed by atoms with Crippen LogP contribution in [-0.4, -0.2) is 76.3 Å². The molecule has 2 unspecified atom stereocenters. The molecule has 156 valence electrons. The summed E-state index contributed by atoms with van der Waals surface area (Å²) in [5, 5.41) is 19.1. The van der Waals surface area contributed by atoms with Crippen LogP contribution in [0.15, 0.2) is 0 Å². The fraction of sp³-hybridized carbons (Fsp3) is 0.895. The van der Waals surface area contributed by atoms with E-state index in [2.05, 4.69) is 27.7 Å². The van der Waals surface area contributed by atoms with Gasteiger partial charge in [-0.05, 0) is 0 Å². The SMILES string of the molecule is [CH2-]COCC(C)(CO)COCC(C)(C)COCC(C)(CO)COC[CH2-].[Rf].[Rf]. The van der Waals surface area contributed by atoms with Crippen LogP contribution in [0.4, 0.5) is 0 Å². The first-order chi connectivity index (χ1) is 11.7. The Morgan fingerprint density at radius 1 is 0.593 bits per heavy atom. The summed E-state index contributed by atoms with van der Waals surface area (Å²) >= 11 is 0. The Hall–Kier alpha value is -2.24. The van der Waals surface area contributed by atoms with E-state index >= 15 is 0 Å². The molecule has 0 aromatic heterocycles. The molecular weight excluding hydrogens is 858 g/mol. The molecule has 0 aromatic rings. The molecule has 0 aliphatic heterocycles. The van der Waals surface area contributed by atoms with Gasteiger partial charge in [0.2, 0.25) is 0 Å². The monoisotopic (exact) mass is 897 g/mol. The zero-order valence-corrected chi connectivity index (χ0v) is 30.7. The molecule has 0 rings (SSSR count). The minimum Gasteiger partial charge on any atom is -0.413 e. The Morgan fingerprint density at radius 2 is 0.889 bits per heavy atom. The third-order valence-electron chi connectivity index (χ3n) is 3.84. The molecule has 0 radical (unpaired) electrons. The van der Waals surface area contributed by atoms with Crippen molar-refractivity contribution >= 4 is 0 Å². The predicted octanol–water partition coefficient (Wildman–Crippen LogP) is 1.74. The van der Waals surface area contributed by atoms with Crippen molar-refractivity contribution in [3.63, 3.8) is 0 Å². The summed E-state index contributed by atoms with van der Waals surface area (Å²) in [5.41, 5.74) is -1.06. The van der Waals surface area contributed by atoms with Crippen molar-refractivity contribution in [1.29, 1.82) is 0 Å². The van der Waals surface area contributed by atoms with Crippen LogP contribution >= 0.6 is 0 Å². The van der Waals surface area contributed by atoms with E-state index in [1.54, 1.807) is 0 Å². The van der Waals surface area contributed by atoms with E-state index < -0.39 is 10.8 Å². The van der Waals surface area contributed by atoms with Crippen LogP contribution in [0.25, 0.3) is 0 Å². The summed E-state index contributed by atoms with van der Waals surface area (Å²) in [6.45, 7) is 18.5. The van der Waals surface area contributed by atoms with E-state index in [0.717, 1.165) is 0 Å². The van der Waals surface area contributed by atoms with Crippen LogP contribution in [0.5, 0.6) is 0 Å². The van der Waals surface area contributed by atoms with Crippen LogP contribution < -0.4 is 0 Å². The molecular formula is C19H38O6Rf2-2. The molecule has 2 atom stereocenters. The van der Waals surface area contributed by atoms with Crippen LogP contribution in [0.3, 0.4) is 0 Å². The molecule has 0 saturated heterocycles. The van der Waals surface area contributed by atoms with Crippen molar-refractivity contribution in [2.45, 2.75) is 27.7 Å². The first kappa shape index (κ1) is 29.5. The topological polar surface area (TPSA) is 77.4 Å². The summed E-state index contributed by atoms with van der Waals surface area (Å²) in [6.07, 6.45) is 0. The van der Waals surface area contributed by atoms with E-state index in [0.29, 0.717) is 52.9 Å². The second kappa shape index (κ2) is 13.9. The minimum atomic E-state index is -0.435. The van der Waals surface area contributed by atoms with Crippen LogP contribution in [-0.2, 0) is 18.9 Å². The Kier molecular flexibility index (Phi) is 15.2. The van der Waals surface area contributed by atoms with Gasteiger partial charge in [-0.1, -0.05) is 40.9 Å². The first-order valence-corrected chi connectivity index (χ1v) is 8.77. The van der Waals surface area contributed by atoms with Gasteiger partial charge >= 0.3 is 0 Å². The molecule has 0 heterocycles. The minimum absolute atomic E-state index is 0. The van der Waals surface area contributed by atoms with E-state index in [-0.39, 0.29) is 18.6 Å². The van der Waals surface area contributed by atoms with Gasteiger partial charge in [0.05, 0.1) is 52.9 Å². The Bertz CT molecular complexity index is 316. The third-order valence-corrected chi connectivity index (χ3v) is 3.84. The molecule has 0 fully saturated rings. The second-order valence-electron chi connectivity index (χ2n) is 8.19. The molecule has 0 aromatic carbocycles. The van der Waals surface area contributed by atoms with Crippen molar-refractivity contribution in [2.75, 3.05) is 66.1 Å². The van der Waals surface area contributed by atoms with Gasteiger partial charge in [0, 0.05) is 16.2 Å². The normalized spacial score (nSPS) is 16.0. The zero-order valence-electron chi connectivity index (χ0n) is 17.9. The molecule has 0 bridgehead atoms. The van der Waals surface area contributed by atoms with Crippen molar-refractivity contribution in [1.82, 2.24) is 0 Å². The van der Waals surface area contributed by atoms with E-state index in [4.69, 9.17) is 18.9 Å². The van der Waals surface area contributed by atoms with Gasteiger partial charge in [-0.15, -0.1) is 0 Å².